The van der Waals surface area contributed by atoms with Crippen LogP contribution in [0, 0.1) is 6.92 Å². The van der Waals surface area contributed by atoms with Crippen LogP contribution in [0.3, 0.4) is 0 Å². The number of nitrogens with zero attached hydrogens (tertiary/aromatic N) is 1. The van der Waals surface area contributed by atoms with E-state index in [2.05, 4.69) is 46.0 Å². The molecule has 1 unspecified atom stereocenters. The number of likely N-dealkylation sites (tertiary alicyclic amines) is 1. The van der Waals surface area contributed by atoms with Gasteiger partial charge in [0, 0.05) is 24.1 Å². The third-order valence-electron chi connectivity index (χ3n) is 2.88. The fraction of sp³-hybridized carbons (Fsp3) is 0.500. The second-order valence-corrected chi connectivity index (χ2v) is 4.96. The summed E-state index contributed by atoms with van der Waals surface area (Å²) in [6.07, 6.45) is 0.0530. The van der Waals surface area contributed by atoms with Gasteiger partial charge in [-0.25, -0.2) is 4.39 Å². The Morgan fingerprint density at radius 2 is 2.33 bits per heavy atom. The quantitative estimate of drug-likeness (QED) is 0.798. The van der Waals surface area contributed by atoms with Crippen molar-refractivity contribution in [2.24, 2.45) is 0 Å². The summed E-state index contributed by atoms with van der Waals surface area (Å²) in [5, 5.41) is 0. The molecule has 0 bridgehead atoms. The number of rotatable bonds is 2. The Bertz CT molecular complexity index is 353. The number of hydrogen-bond donors (Lipinski definition) is 0. The Kier molecular flexibility index (Phi) is 3.42. The van der Waals surface area contributed by atoms with Gasteiger partial charge in [0.2, 0.25) is 0 Å². The zero-order chi connectivity index (χ0) is 10.8. The molecule has 0 saturated carbocycles. The van der Waals surface area contributed by atoms with E-state index in [1.807, 2.05) is 0 Å². The van der Waals surface area contributed by atoms with Crippen molar-refractivity contribution in [3.05, 3.63) is 33.8 Å². The molecule has 1 aromatic rings. The molecular weight excluding hydrogens is 257 g/mol. The SMILES string of the molecule is Cc1cccc(CN2CCC(F)C2)c1Br. The largest absolute Gasteiger partial charge is 0.296 e. The molecule has 82 valence electrons. The molecule has 1 aromatic carbocycles. The van der Waals surface area contributed by atoms with Gasteiger partial charge in [0.05, 0.1) is 0 Å². The van der Waals surface area contributed by atoms with Crippen LogP contribution >= 0.6 is 15.9 Å². The third kappa shape index (κ3) is 2.58. The first kappa shape index (κ1) is 11.1. The maximum absolute atomic E-state index is 13.0. The van der Waals surface area contributed by atoms with E-state index in [9.17, 15) is 4.39 Å². The minimum Gasteiger partial charge on any atom is -0.296 e. The summed E-state index contributed by atoms with van der Waals surface area (Å²) in [5.74, 6) is 0. The van der Waals surface area contributed by atoms with E-state index in [0.717, 1.165) is 17.6 Å². The Hall–Kier alpha value is -0.410. The summed E-state index contributed by atoms with van der Waals surface area (Å²) in [7, 11) is 0. The van der Waals surface area contributed by atoms with Gasteiger partial charge in [-0.3, -0.25) is 4.90 Å². The molecule has 1 fully saturated rings. The van der Waals surface area contributed by atoms with Crippen LogP contribution in [0.25, 0.3) is 0 Å². The Labute approximate surface area is 98.4 Å². The van der Waals surface area contributed by atoms with Gasteiger partial charge in [0.15, 0.2) is 0 Å². The lowest BCUT2D eigenvalue weighted by molar-refractivity contribution is 0.282. The van der Waals surface area contributed by atoms with Gasteiger partial charge in [-0.2, -0.15) is 0 Å². The summed E-state index contributed by atoms with van der Waals surface area (Å²) >= 11 is 3.58. The van der Waals surface area contributed by atoms with Crippen LogP contribution in [0.2, 0.25) is 0 Å². The maximum Gasteiger partial charge on any atom is 0.114 e. The lowest BCUT2D eigenvalue weighted by Crippen LogP contribution is -2.20. The highest BCUT2D eigenvalue weighted by Gasteiger charge is 2.22. The molecule has 1 heterocycles. The van der Waals surface area contributed by atoms with E-state index >= 15 is 0 Å². The molecule has 1 aliphatic heterocycles. The lowest BCUT2D eigenvalue weighted by atomic mass is 10.1. The van der Waals surface area contributed by atoms with Gasteiger partial charge < -0.3 is 0 Å². The molecule has 0 amide bonds. The molecule has 15 heavy (non-hydrogen) atoms. The fourth-order valence-corrected chi connectivity index (χ4v) is 2.39. The highest BCUT2D eigenvalue weighted by atomic mass is 79.9. The van der Waals surface area contributed by atoms with Gasteiger partial charge in [-0.15, -0.1) is 0 Å². The van der Waals surface area contributed by atoms with E-state index in [-0.39, 0.29) is 0 Å². The molecule has 3 heteroatoms. The summed E-state index contributed by atoms with van der Waals surface area (Å²) in [4.78, 5) is 2.17. The zero-order valence-corrected chi connectivity index (χ0v) is 10.4. The first-order valence-electron chi connectivity index (χ1n) is 5.27. The molecule has 1 saturated heterocycles. The van der Waals surface area contributed by atoms with Crippen LogP contribution in [-0.2, 0) is 6.54 Å². The highest BCUT2D eigenvalue weighted by Crippen LogP contribution is 2.24. The minimum atomic E-state index is -0.631. The van der Waals surface area contributed by atoms with Gasteiger partial charge >= 0.3 is 0 Å². The van der Waals surface area contributed by atoms with E-state index in [1.165, 1.54) is 11.1 Å². The van der Waals surface area contributed by atoms with Gasteiger partial charge in [-0.1, -0.05) is 34.1 Å². The second kappa shape index (κ2) is 4.62. The standard InChI is InChI=1S/C12H15BrFN/c1-9-3-2-4-10(12(9)13)7-15-6-5-11(14)8-15/h2-4,11H,5-8H2,1H3. The highest BCUT2D eigenvalue weighted by molar-refractivity contribution is 9.10. The van der Waals surface area contributed by atoms with Crippen LogP contribution in [0.15, 0.2) is 22.7 Å². The predicted molar refractivity (Wildman–Crippen MR) is 63.7 cm³/mol. The van der Waals surface area contributed by atoms with Crippen LogP contribution in [0.4, 0.5) is 4.39 Å². The topological polar surface area (TPSA) is 3.24 Å². The first-order chi connectivity index (χ1) is 7.16. The maximum atomic E-state index is 13.0. The summed E-state index contributed by atoms with van der Waals surface area (Å²) in [6, 6.07) is 6.23. The second-order valence-electron chi connectivity index (χ2n) is 4.17. The third-order valence-corrected chi connectivity index (χ3v) is 4.02. The summed E-state index contributed by atoms with van der Waals surface area (Å²) < 4.78 is 14.2. The number of halogens is 2. The van der Waals surface area contributed by atoms with E-state index in [1.54, 1.807) is 0 Å². The molecule has 1 nitrogen and oxygen atoms in total. The monoisotopic (exact) mass is 271 g/mol. The Balaban J connectivity index is 2.07. The van der Waals surface area contributed by atoms with Crippen molar-refractivity contribution in [1.82, 2.24) is 4.90 Å². The fourth-order valence-electron chi connectivity index (χ4n) is 2.00. The molecule has 1 aliphatic rings. The van der Waals surface area contributed by atoms with E-state index in [4.69, 9.17) is 0 Å². The Morgan fingerprint density at radius 3 is 3.00 bits per heavy atom. The number of hydrogen-bond acceptors (Lipinski definition) is 1. The van der Waals surface area contributed by atoms with Crippen LogP contribution in [0.5, 0.6) is 0 Å². The van der Waals surface area contributed by atoms with Crippen molar-refractivity contribution in [3.8, 4) is 0 Å². The normalized spacial score (nSPS) is 22.2. The van der Waals surface area contributed by atoms with Crippen LogP contribution < -0.4 is 0 Å². The van der Waals surface area contributed by atoms with Crippen LogP contribution in [0.1, 0.15) is 17.5 Å². The van der Waals surface area contributed by atoms with Gasteiger partial charge in [0.25, 0.3) is 0 Å². The summed E-state index contributed by atoms with van der Waals surface area (Å²) in [6.45, 7) is 4.39. The molecule has 0 radical (unpaired) electrons. The molecular formula is C12H15BrFN. The predicted octanol–water partition coefficient (Wildman–Crippen LogP) is 3.30. The molecule has 0 spiro atoms. The Morgan fingerprint density at radius 1 is 1.53 bits per heavy atom. The van der Waals surface area contributed by atoms with Crippen molar-refractivity contribution < 1.29 is 4.39 Å². The lowest BCUT2D eigenvalue weighted by Gasteiger charge is -2.16. The molecule has 2 rings (SSSR count). The van der Waals surface area contributed by atoms with Crippen molar-refractivity contribution in [3.63, 3.8) is 0 Å². The smallest absolute Gasteiger partial charge is 0.114 e. The van der Waals surface area contributed by atoms with Crippen molar-refractivity contribution in [1.29, 1.82) is 0 Å². The van der Waals surface area contributed by atoms with Crippen molar-refractivity contribution in [2.75, 3.05) is 13.1 Å². The molecule has 1 atom stereocenters. The number of alkyl halides is 1. The minimum absolute atomic E-state index is 0.584. The zero-order valence-electron chi connectivity index (χ0n) is 8.84. The van der Waals surface area contributed by atoms with Gasteiger partial charge in [0.1, 0.15) is 6.17 Å². The van der Waals surface area contributed by atoms with Crippen LogP contribution in [-0.4, -0.2) is 24.2 Å². The average molecular weight is 272 g/mol. The number of aryl methyl sites for hydroxylation is 1. The number of benzene rings is 1. The summed E-state index contributed by atoms with van der Waals surface area (Å²) in [5.41, 5.74) is 2.49. The van der Waals surface area contributed by atoms with Crippen molar-refractivity contribution >= 4 is 15.9 Å². The first-order valence-corrected chi connectivity index (χ1v) is 6.06. The van der Waals surface area contributed by atoms with Gasteiger partial charge in [-0.05, 0) is 24.5 Å². The van der Waals surface area contributed by atoms with Crippen molar-refractivity contribution in [2.45, 2.75) is 26.1 Å². The van der Waals surface area contributed by atoms with E-state index < -0.39 is 6.17 Å². The average Bonchev–Trinajstić information content (AvgIpc) is 2.59. The molecule has 0 aliphatic carbocycles. The van der Waals surface area contributed by atoms with E-state index in [0.29, 0.717) is 13.0 Å². The molecule has 0 aromatic heterocycles. The molecule has 0 N–H and O–H groups in total.